The van der Waals surface area contributed by atoms with Crippen LogP contribution in [0.5, 0.6) is 5.88 Å². The lowest BCUT2D eigenvalue weighted by atomic mass is 9.87. The largest absolute Gasteiger partial charge is 0.442 e. The molecular weight excluding hydrogens is 502 g/mol. The van der Waals surface area contributed by atoms with Crippen LogP contribution in [0.4, 0.5) is 28.0 Å². The predicted octanol–water partition coefficient (Wildman–Crippen LogP) is 6.51. The number of carbonyl (C=O) groups excluding carboxylic acids is 1. The summed E-state index contributed by atoms with van der Waals surface area (Å²) in [7, 11) is 0. The number of allylic oxidation sites excluding steroid dienone is 4. The Morgan fingerprint density at radius 3 is 2.55 bits per heavy atom. The molecule has 4 rings (SSSR count). The summed E-state index contributed by atoms with van der Waals surface area (Å²) in [4.78, 5) is 25.6. The number of hydrogen-bond donors (Lipinski definition) is 2. The van der Waals surface area contributed by atoms with Crippen molar-refractivity contribution in [2.24, 2.45) is 11.8 Å². The van der Waals surface area contributed by atoms with E-state index in [1.54, 1.807) is 36.7 Å². The molecule has 1 aromatic carbocycles. The lowest BCUT2D eigenvalue weighted by molar-refractivity contribution is -0.137. The average Bonchev–Trinajstić information content (AvgIpc) is 2.89. The van der Waals surface area contributed by atoms with Crippen molar-refractivity contribution >= 4 is 11.7 Å². The number of aryl methyl sites for hydroxylation is 1. The monoisotopic (exact) mass is 527 g/mol. The van der Waals surface area contributed by atoms with E-state index in [9.17, 15) is 22.4 Å². The van der Waals surface area contributed by atoms with Crippen molar-refractivity contribution in [3.05, 3.63) is 89.6 Å². The second-order valence-electron chi connectivity index (χ2n) is 8.71. The SMILES string of the molecule is CCc1nccc(-c2cccnc2OC2=CC=C(NC(=O)Nc3cc(C(F)(F)F)ccc3F)C(C)C2C)n1. The number of hydrogen-bond acceptors (Lipinski definition) is 5. The fourth-order valence-corrected chi connectivity index (χ4v) is 3.85. The van der Waals surface area contributed by atoms with Crippen molar-refractivity contribution in [3.8, 4) is 17.1 Å². The lowest BCUT2D eigenvalue weighted by Crippen LogP contribution is -2.34. The van der Waals surface area contributed by atoms with E-state index in [0.29, 0.717) is 59.0 Å². The molecule has 0 saturated heterocycles. The highest BCUT2D eigenvalue weighted by atomic mass is 19.4. The molecule has 0 aliphatic heterocycles. The van der Waals surface area contributed by atoms with Crippen LogP contribution in [0.15, 0.2) is 72.4 Å². The zero-order valence-corrected chi connectivity index (χ0v) is 20.8. The molecule has 1 aliphatic carbocycles. The first-order valence-corrected chi connectivity index (χ1v) is 11.9. The first-order chi connectivity index (χ1) is 18.1. The first-order valence-electron chi connectivity index (χ1n) is 11.9. The van der Waals surface area contributed by atoms with Gasteiger partial charge in [-0.2, -0.15) is 13.2 Å². The van der Waals surface area contributed by atoms with Gasteiger partial charge in [-0.05, 0) is 48.6 Å². The van der Waals surface area contributed by atoms with Gasteiger partial charge < -0.3 is 15.4 Å². The first kappa shape index (κ1) is 26.8. The molecule has 2 aromatic heterocycles. The van der Waals surface area contributed by atoms with Gasteiger partial charge in [0.25, 0.3) is 0 Å². The molecule has 2 unspecified atom stereocenters. The smallest absolute Gasteiger partial charge is 0.416 e. The van der Waals surface area contributed by atoms with Crippen LogP contribution in [0, 0.1) is 17.7 Å². The third-order valence-corrected chi connectivity index (χ3v) is 6.20. The van der Waals surface area contributed by atoms with Gasteiger partial charge in [0.1, 0.15) is 17.4 Å². The molecule has 0 fully saturated rings. The summed E-state index contributed by atoms with van der Waals surface area (Å²) in [5.41, 5.74) is 0.209. The highest BCUT2D eigenvalue weighted by Crippen LogP contribution is 2.35. The van der Waals surface area contributed by atoms with Gasteiger partial charge in [-0.1, -0.05) is 20.8 Å². The Hall–Kier alpha value is -4.28. The number of nitrogens with one attached hydrogen (secondary N) is 2. The van der Waals surface area contributed by atoms with E-state index in [1.165, 1.54) is 0 Å². The number of nitrogens with zero attached hydrogens (tertiary/aromatic N) is 3. The van der Waals surface area contributed by atoms with E-state index in [-0.39, 0.29) is 11.8 Å². The number of alkyl halides is 3. The van der Waals surface area contributed by atoms with Crippen molar-refractivity contribution in [1.29, 1.82) is 0 Å². The van der Waals surface area contributed by atoms with Gasteiger partial charge in [0.05, 0.1) is 22.5 Å². The van der Waals surface area contributed by atoms with Gasteiger partial charge in [-0.3, -0.25) is 0 Å². The molecule has 198 valence electrons. The Morgan fingerprint density at radius 2 is 1.82 bits per heavy atom. The van der Waals surface area contributed by atoms with Gasteiger partial charge in [0.2, 0.25) is 5.88 Å². The number of pyridine rings is 1. The summed E-state index contributed by atoms with van der Waals surface area (Å²) in [6, 6.07) is 6.36. The summed E-state index contributed by atoms with van der Waals surface area (Å²) in [6.45, 7) is 5.72. The standard InChI is InChI=1S/C27H25F4N5O2/c1-4-24-32-13-11-21(34-24)18-6-5-12-33-25(18)38-23-10-9-20(15(2)16(23)3)35-26(37)36-22-14-17(27(29,30)31)7-8-19(22)28/h5-16H,4H2,1-3H3,(H2,35,36,37). The Balaban J connectivity index is 1.51. The van der Waals surface area contributed by atoms with Crippen molar-refractivity contribution in [2.45, 2.75) is 33.4 Å². The van der Waals surface area contributed by atoms with E-state index in [0.717, 1.165) is 0 Å². The van der Waals surface area contributed by atoms with Crippen LogP contribution in [0.3, 0.4) is 0 Å². The van der Waals surface area contributed by atoms with Crippen LogP contribution in [-0.4, -0.2) is 21.0 Å². The van der Waals surface area contributed by atoms with Crippen molar-refractivity contribution < 1.29 is 27.1 Å². The number of benzene rings is 1. The van der Waals surface area contributed by atoms with Crippen molar-refractivity contribution in [1.82, 2.24) is 20.3 Å². The third kappa shape index (κ3) is 5.99. The van der Waals surface area contributed by atoms with Gasteiger partial charge in [-0.15, -0.1) is 0 Å². The van der Waals surface area contributed by atoms with E-state index in [4.69, 9.17) is 4.74 Å². The van der Waals surface area contributed by atoms with E-state index < -0.39 is 29.3 Å². The summed E-state index contributed by atoms with van der Waals surface area (Å²) < 4.78 is 59.1. The van der Waals surface area contributed by atoms with Crippen molar-refractivity contribution in [3.63, 3.8) is 0 Å². The summed E-state index contributed by atoms with van der Waals surface area (Å²) in [5, 5.41) is 4.75. The van der Waals surface area contributed by atoms with E-state index in [2.05, 4.69) is 25.6 Å². The number of anilines is 1. The molecule has 7 nitrogen and oxygen atoms in total. The molecule has 2 N–H and O–H groups in total. The molecule has 38 heavy (non-hydrogen) atoms. The van der Waals surface area contributed by atoms with Crippen LogP contribution < -0.4 is 15.4 Å². The van der Waals surface area contributed by atoms with Gasteiger partial charge in [0, 0.05) is 36.3 Å². The number of carbonyl (C=O) groups is 1. The number of urea groups is 1. The molecule has 1 aliphatic rings. The topological polar surface area (TPSA) is 89.0 Å². The second kappa shape index (κ2) is 11.0. The fraction of sp³-hybridized carbons (Fsp3) is 0.259. The average molecular weight is 528 g/mol. The molecule has 11 heteroatoms. The van der Waals surface area contributed by atoms with Crippen LogP contribution in [0.2, 0.25) is 0 Å². The maximum absolute atomic E-state index is 14.0. The van der Waals surface area contributed by atoms with E-state index in [1.807, 2.05) is 26.8 Å². The highest BCUT2D eigenvalue weighted by molar-refractivity contribution is 5.90. The summed E-state index contributed by atoms with van der Waals surface area (Å²) in [6.07, 6.45) is 2.61. The van der Waals surface area contributed by atoms with Crippen LogP contribution in [-0.2, 0) is 12.6 Å². The predicted molar refractivity (Wildman–Crippen MR) is 133 cm³/mol. The van der Waals surface area contributed by atoms with Gasteiger partial charge in [-0.25, -0.2) is 24.1 Å². The maximum Gasteiger partial charge on any atom is 0.416 e. The molecule has 2 atom stereocenters. The lowest BCUT2D eigenvalue weighted by Gasteiger charge is -2.28. The molecule has 2 heterocycles. The molecule has 0 bridgehead atoms. The second-order valence-corrected chi connectivity index (χ2v) is 8.71. The third-order valence-electron chi connectivity index (χ3n) is 6.20. The molecule has 0 spiro atoms. The van der Waals surface area contributed by atoms with Crippen molar-refractivity contribution in [2.75, 3.05) is 5.32 Å². The normalized spacial score (nSPS) is 17.3. The molecular formula is C27H25F4N5O2. The Labute approximate surface area is 216 Å². The number of amides is 2. The zero-order valence-electron chi connectivity index (χ0n) is 20.8. The Kier molecular flexibility index (Phi) is 7.75. The van der Waals surface area contributed by atoms with Gasteiger partial charge in [0.15, 0.2) is 0 Å². The minimum Gasteiger partial charge on any atom is -0.442 e. The minimum atomic E-state index is -4.67. The van der Waals surface area contributed by atoms with Gasteiger partial charge >= 0.3 is 12.2 Å². The molecule has 3 aromatic rings. The summed E-state index contributed by atoms with van der Waals surface area (Å²) >= 11 is 0. The highest BCUT2D eigenvalue weighted by Gasteiger charge is 2.32. The summed E-state index contributed by atoms with van der Waals surface area (Å²) in [5.74, 6) is 0.220. The fourth-order valence-electron chi connectivity index (χ4n) is 3.85. The Morgan fingerprint density at radius 1 is 1.03 bits per heavy atom. The Bertz CT molecular complexity index is 1400. The number of ether oxygens (including phenoxy) is 1. The molecule has 2 amide bonds. The quantitative estimate of drug-likeness (QED) is 0.357. The number of aromatic nitrogens is 3. The van der Waals surface area contributed by atoms with Crippen LogP contribution >= 0.6 is 0 Å². The van der Waals surface area contributed by atoms with Crippen LogP contribution in [0.25, 0.3) is 11.3 Å². The zero-order chi connectivity index (χ0) is 27.4. The minimum absolute atomic E-state index is 0.202. The number of halogens is 4. The van der Waals surface area contributed by atoms with E-state index >= 15 is 0 Å². The van der Waals surface area contributed by atoms with Crippen LogP contribution in [0.1, 0.15) is 32.2 Å². The molecule has 0 saturated carbocycles. The molecule has 0 radical (unpaired) electrons. The number of rotatable bonds is 6. The maximum atomic E-state index is 14.0.